The van der Waals surface area contributed by atoms with E-state index < -0.39 is 5.54 Å². The number of nitrogens with zero attached hydrogens (tertiary/aromatic N) is 1. The first kappa shape index (κ1) is 12.4. The van der Waals surface area contributed by atoms with Gasteiger partial charge in [-0.1, -0.05) is 13.8 Å². The molecule has 0 atom stereocenters. The SMILES string of the molecule is CC(C)COC(=O)C(C)(C)N(C)C. The number of carbonyl (C=O) groups is 1. The third-order valence-electron chi connectivity index (χ3n) is 2.17. The van der Waals surface area contributed by atoms with Crippen molar-refractivity contribution in [1.82, 2.24) is 4.90 Å². The molecule has 13 heavy (non-hydrogen) atoms. The summed E-state index contributed by atoms with van der Waals surface area (Å²) in [7, 11) is 3.74. The van der Waals surface area contributed by atoms with Crippen molar-refractivity contribution in [1.29, 1.82) is 0 Å². The lowest BCUT2D eigenvalue weighted by atomic mass is 10.1. The van der Waals surface area contributed by atoms with Gasteiger partial charge in [0.15, 0.2) is 0 Å². The number of likely N-dealkylation sites (N-methyl/N-ethyl adjacent to an activating group) is 1. The van der Waals surface area contributed by atoms with Gasteiger partial charge in [0.05, 0.1) is 6.61 Å². The van der Waals surface area contributed by atoms with Crippen LogP contribution in [0.15, 0.2) is 0 Å². The first-order valence-electron chi connectivity index (χ1n) is 4.63. The first-order valence-corrected chi connectivity index (χ1v) is 4.63. The van der Waals surface area contributed by atoms with Gasteiger partial charge in [-0.15, -0.1) is 0 Å². The van der Waals surface area contributed by atoms with Gasteiger partial charge in [0.2, 0.25) is 0 Å². The van der Waals surface area contributed by atoms with Crippen LogP contribution in [0.25, 0.3) is 0 Å². The number of carbonyl (C=O) groups excluding carboxylic acids is 1. The minimum absolute atomic E-state index is 0.161. The fraction of sp³-hybridized carbons (Fsp3) is 0.900. The van der Waals surface area contributed by atoms with E-state index in [0.717, 1.165) is 0 Å². The van der Waals surface area contributed by atoms with Crippen molar-refractivity contribution in [2.45, 2.75) is 33.2 Å². The molecular weight excluding hydrogens is 166 g/mol. The van der Waals surface area contributed by atoms with Gasteiger partial charge in [0.25, 0.3) is 0 Å². The predicted molar refractivity (Wildman–Crippen MR) is 53.6 cm³/mol. The Morgan fingerprint density at radius 3 is 2.15 bits per heavy atom. The van der Waals surface area contributed by atoms with Gasteiger partial charge in [0, 0.05) is 0 Å². The van der Waals surface area contributed by atoms with Crippen LogP contribution in [-0.4, -0.2) is 37.1 Å². The molecule has 0 fully saturated rings. The number of hydrogen-bond donors (Lipinski definition) is 0. The molecule has 0 saturated heterocycles. The molecule has 0 radical (unpaired) electrons. The Kier molecular flexibility index (Phi) is 4.40. The summed E-state index contributed by atoms with van der Waals surface area (Å²) in [6, 6.07) is 0. The Balaban J connectivity index is 4.10. The van der Waals surface area contributed by atoms with Gasteiger partial charge < -0.3 is 4.74 Å². The summed E-state index contributed by atoms with van der Waals surface area (Å²) in [6.45, 7) is 8.26. The van der Waals surface area contributed by atoms with Crippen molar-refractivity contribution in [3.8, 4) is 0 Å². The summed E-state index contributed by atoms with van der Waals surface area (Å²) in [6.07, 6.45) is 0. The van der Waals surface area contributed by atoms with E-state index in [9.17, 15) is 4.79 Å². The van der Waals surface area contributed by atoms with Gasteiger partial charge in [-0.25, -0.2) is 0 Å². The highest BCUT2D eigenvalue weighted by Crippen LogP contribution is 2.12. The number of hydrogen-bond acceptors (Lipinski definition) is 3. The molecule has 0 aromatic carbocycles. The first-order chi connectivity index (χ1) is 5.78. The zero-order valence-corrected chi connectivity index (χ0v) is 9.55. The van der Waals surface area contributed by atoms with Gasteiger partial charge >= 0.3 is 5.97 Å². The van der Waals surface area contributed by atoms with Crippen molar-refractivity contribution in [2.75, 3.05) is 20.7 Å². The summed E-state index contributed by atoms with van der Waals surface area (Å²) < 4.78 is 5.15. The van der Waals surface area contributed by atoms with E-state index in [-0.39, 0.29) is 5.97 Å². The maximum Gasteiger partial charge on any atom is 0.325 e. The monoisotopic (exact) mass is 187 g/mol. The normalized spacial score (nSPS) is 12.3. The molecule has 0 aliphatic carbocycles. The van der Waals surface area contributed by atoms with Gasteiger partial charge in [-0.05, 0) is 33.9 Å². The Bertz CT molecular complexity index is 174. The standard InChI is InChI=1S/C10H21NO2/c1-8(2)7-13-9(12)10(3,4)11(5)6/h8H,7H2,1-6H3. The minimum atomic E-state index is -0.533. The molecule has 0 aliphatic rings. The fourth-order valence-corrected chi connectivity index (χ4v) is 0.602. The molecule has 0 heterocycles. The fourth-order valence-electron chi connectivity index (χ4n) is 0.602. The van der Waals surface area contributed by atoms with E-state index in [2.05, 4.69) is 0 Å². The van der Waals surface area contributed by atoms with E-state index in [1.807, 2.05) is 46.7 Å². The second kappa shape index (κ2) is 4.61. The molecule has 0 amide bonds. The maximum absolute atomic E-state index is 11.5. The third-order valence-corrected chi connectivity index (χ3v) is 2.17. The third kappa shape index (κ3) is 3.77. The van der Waals surface area contributed by atoms with Crippen LogP contribution in [0.4, 0.5) is 0 Å². The lowest BCUT2D eigenvalue weighted by molar-refractivity contribution is -0.155. The Hall–Kier alpha value is -0.570. The van der Waals surface area contributed by atoms with Crippen molar-refractivity contribution >= 4 is 5.97 Å². The van der Waals surface area contributed by atoms with E-state index in [1.165, 1.54) is 0 Å². The van der Waals surface area contributed by atoms with Crippen LogP contribution in [0, 0.1) is 5.92 Å². The molecular formula is C10H21NO2. The molecule has 0 bridgehead atoms. The zero-order valence-electron chi connectivity index (χ0n) is 9.55. The van der Waals surface area contributed by atoms with Crippen LogP contribution in [0.5, 0.6) is 0 Å². The quantitative estimate of drug-likeness (QED) is 0.625. The zero-order chi connectivity index (χ0) is 10.6. The molecule has 3 nitrogen and oxygen atoms in total. The average Bonchev–Trinajstić information content (AvgIpc) is 1.99. The van der Waals surface area contributed by atoms with Crippen LogP contribution in [0.2, 0.25) is 0 Å². The largest absolute Gasteiger partial charge is 0.464 e. The molecule has 0 N–H and O–H groups in total. The molecule has 78 valence electrons. The molecule has 0 aromatic rings. The molecule has 3 heteroatoms. The summed E-state index contributed by atoms with van der Waals surface area (Å²) >= 11 is 0. The van der Waals surface area contributed by atoms with Gasteiger partial charge in [-0.3, -0.25) is 9.69 Å². The maximum atomic E-state index is 11.5. The molecule has 0 rings (SSSR count). The van der Waals surface area contributed by atoms with Crippen molar-refractivity contribution in [3.05, 3.63) is 0 Å². The van der Waals surface area contributed by atoms with E-state index >= 15 is 0 Å². The highest BCUT2D eigenvalue weighted by Gasteiger charge is 2.31. The highest BCUT2D eigenvalue weighted by atomic mass is 16.5. The lowest BCUT2D eigenvalue weighted by Gasteiger charge is -2.30. The molecule has 0 aliphatic heterocycles. The molecule has 0 saturated carbocycles. The van der Waals surface area contributed by atoms with Crippen molar-refractivity contribution < 1.29 is 9.53 Å². The van der Waals surface area contributed by atoms with Crippen molar-refractivity contribution in [2.24, 2.45) is 5.92 Å². The predicted octanol–water partition coefficient (Wildman–Crippen LogP) is 1.53. The average molecular weight is 187 g/mol. The molecule has 0 unspecified atom stereocenters. The van der Waals surface area contributed by atoms with Gasteiger partial charge in [0.1, 0.15) is 5.54 Å². The second-order valence-corrected chi connectivity index (χ2v) is 4.45. The minimum Gasteiger partial charge on any atom is -0.464 e. The molecule has 0 aromatic heterocycles. The van der Waals surface area contributed by atoms with Gasteiger partial charge in [-0.2, -0.15) is 0 Å². The summed E-state index contributed by atoms with van der Waals surface area (Å²) in [4.78, 5) is 13.4. The van der Waals surface area contributed by atoms with Crippen LogP contribution in [0.3, 0.4) is 0 Å². The van der Waals surface area contributed by atoms with Crippen LogP contribution in [-0.2, 0) is 9.53 Å². The van der Waals surface area contributed by atoms with Crippen LogP contribution < -0.4 is 0 Å². The Morgan fingerprint density at radius 2 is 1.85 bits per heavy atom. The lowest BCUT2D eigenvalue weighted by Crippen LogP contribution is -2.47. The summed E-state index contributed by atoms with van der Waals surface area (Å²) in [5.74, 6) is 0.230. The molecule has 0 spiro atoms. The summed E-state index contributed by atoms with van der Waals surface area (Å²) in [5, 5.41) is 0. The Morgan fingerprint density at radius 1 is 1.38 bits per heavy atom. The number of ether oxygens (including phenoxy) is 1. The summed E-state index contributed by atoms with van der Waals surface area (Å²) in [5.41, 5.74) is -0.533. The Labute approximate surface area is 81.1 Å². The number of esters is 1. The van der Waals surface area contributed by atoms with Crippen LogP contribution >= 0.6 is 0 Å². The van der Waals surface area contributed by atoms with Crippen molar-refractivity contribution in [3.63, 3.8) is 0 Å². The number of rotatable bonds is 4. The smallest absolute Gasteiger partial charge is 0.325 e. The highest BCUT2D eigenvalue weighted by molar-refractivity contribution is 5.79. The van der Waals surface area contributed by atoms with E-state index in [4.69, 9.17) is 4.74 Å². The van der Waals surface area contributed by atoms with E-state index in [0.29, 0.717) is 12.5 Å². The second-order valence-electron chi connectivity index (χ2n) is 4.45. The van der Waals surface area contributed by atoms with Crippen LogP contribution in [0.1, 0.15) is 27.7 Å². The van der Waals surface area contributed by atoms with E-state index in [1.54, 1.807) is 0 Å². The topological polar surface area (TPSA) is 29.5 Å².